The van der Waals surface area contributed by atoms with Crippen LogP contribution in [0.5, 0.6) is 0 Å². The number of aldehydes is 1. The summed E-state index contributed by atoms with van der Waals surface area (Å²) in [7, 11) is 0. The van der Waals surface area contributed by atoms with Crippen molar-refractivity contribution in [2.75, 3.05) is 0 Å². The quantitative estimate of drug-likeness (QED) is 0.647. The highest BCUT2D eigenvalue weighted by Gasteiger charge is 2.07. The van der Waals surface area contributed by atoms with Gasteiger partial charge in [-0.25, -0.2) is 4.39 Å². The monoisotopic (exact) mass is 251 g/mol. The predicted molar refractivity (Wildman–Crippen MR) is 72.5 cm³/mol. The minimum atomic E-state index is -0.506. The molecule has 0 fully saturated rings. The predicted octanol–water partition coefficient (Wildman–Crippen LogP) is 3.85. The van der Waals surface area contributed by atoms with Crippen LogP contribution in [0.4, 0.5) is 4.39 Å². The smallest absolute Gasteiger partial charge is 0.152 e. The van der Waals surface area contributed by atoms with Gasteiger partial charge in [-0.05, 0) is 35.4 Å². The molecule has 19 heavy (non-hydrogen) atoms. The van der Waals surface area contributed by atoms with Gasteiger partial charge in [0.2, 0.25) is 0 Å². The number of halogens is 1. The highest BCUT2D eigenvalue weighted by Crippen LogP contribution is 2.28. The Labute approximate surface area is 109 Å². The van der Waals surface area contributed by atoms with Crippen LogP contribution in [0, 0.1) is 5.82 Å². The fraction of sp³-hybridized carbons (Fsp3) is 0. The van der Waals surface area contributed by atoms with Crippen LogP contribution in [0.25, 0.3) is 22.0 Å². The Bertz CT molecular complexity index is 762. The second kappa shape index (κ2) is 4.61. The van der Waals surface area contributed by atoms with Crippen molar-refractivity contribution in [3.63, 3.8) is 0 Å². The Morgan fingerprint density at radius 3 is 2.74 bits per heavy atom. The number of hydrogen-bond donors (Lipinski definition) is 0. The molecule has 0 aliphatic carbocycles. The van der Waals surface area contributed by atoms with Crippen LogP contribution in [0.1, 0.15) is 10.4 Å². The summed E-state index contributed by atoms with van der Waals surface area (Å²) in [6.45, 7) is 0. The first kappa shape index (κ1) is 11.5. The molecular formula is C16H10FNO. The number of carbonyl (C=O) groups is 1. The summed E-state index contributed by atoms with van der Waals surface area (Å²) < 4.78 is 13.7. The fourth-order valence-electron chi connectivity index (χ4n) is 2.15. The molecule has 1 heterocycles. The molecule has 0 radical (unpaired) electrons. The van der Waals surface area contributed by atoms with Crippen molar-refractivity contribution in [3.8, 4) is 11.1 Å². The van der Waals surface area contributed by atoms with Crippen molar-refractivity contribution >= 4 is 17.2 Å². The van der Waals surface area contributed by atoms with Crippen molar-refractivity contribution in [3.05, 3.63) is 66.1 Å². The van der Waals surface area contributed by atoms with Crippen LogP contribution >= 0.6 is 0 Å². The van der Waals surface area contributed by atoms with Crippen LogP contribution in [-0.4, -0.2) is 11.3 Å². The summed E-state index contributed by atoms with van der Waals surface area (Å²) in [5, 5.41) is 0.961. The number of nitrogens with zero attached hydrogens (tertiary/aromatic N) is 1. The van der Waals surface area contributed by atoms with Gasteiger partial charge in [-0.2, -0.15) is 0 Å². The van der Waals surface area contributed by atoms with E-state index in [9.17, 15) is 9.18 Å². The van der Waals surface area contributed by atoms with Crippen LogP contribution in [0.2, 0.25) is 0 Å². The average molecular weight is 251 g/mol. The van der Waals surface area contributed by atoms with Crippen LogP contribution in [0.3, 0.4) is 0 Å². The first-order chi connectivity index (χ1) is 9.29. The molecule has 0 aliphatic heterocycles. The zero-order valence-corrected chi connectivity index (χ0v) is 10.0. The zero-order valence-electron chi connectivity index (χ0n) is 10.0. The van der Waals surface area contributed by atoms with Crippen molar-refractivity contribution < 1.29 is 9.18 Å². The van der Waals surface area contributed by atoms with Gasteiger partial charge in [0.15, 0.2) is 6.29 Å². The van der Waals surface area contributed by atoms with Gasteiger partial charge in [-0.15, -0.1) is 0 Å². The van der Waals surface area contributed by atoms with Crippen LogP contribution in [-0.2, 0) is 0 Å². The highest BCUT2D eigenvalue weighted by atomic mass is 19.1. The van der Waals surface area contributed by atoms with Gasteiger partial charge in [0.25, 0.3) is 0 Å². The van der Waals surface area contributed by atoms with E-state index in [4.69, 9.17) is 0 Å². The van der Waals surface area contributed by atoms with E-state index in [1.54, 1.807) is 12.3 Å². The minimum absolute atomic E-state index is 0.0714. The number of pyridine rings is 1. The molecular weight excluding hydrogens is 241 g/mol. The van der Waals surface area contributed by atoms with Gasteiger partial charge >= 0.3 is 0 Å². The molecule has 0 amide bonds. The summed E-state index contributed by atoms with van der Waals surface area (Å²) in [6, 6.07) is 14.1. The molecule has 2 nitrogen and oxygen atoms in total. The number of benzene rings is 2. The normalized spacial score (nSPS) is 10.6. The van der Waals surface area contributed by atoms with E-state index in [0.29, 0.717) is 6.29 Å². The summed E-state index contributed by atoms with van der Waals surface area (Å²) >= 11 is 0. The molecule has 3 heteroatoms. The van der Waals surface area contributed by atoms with Crippen molar-refractivity contribution in [1.82, 2.24) is 4.98 Å². The van der Waals surface area contributed by atoms with Crippen molar-refractivity contribution in [1.29, 1.82) is 0 Å². The van der Waals surface area contributed by atoms with Gasteiger partial charge in [0, 0.05) is 11.6 Å². The summed E-state index contributed by atoms with van der Waals surface area (Å²) in [5.74, 6) is -0.506. The lowest BCUT2D eigenvalue weighted by Crippen LogP contribution is -1.89. The van der Waals surface area contributed by atoms with E-state index in [2.05, 4.69) is 4.98 Å². The fourth-order valence-corrected chi connectivity index (χ4v) is 2.15. The number of carbonyl (C=O) groups excluding carboxylic acids is 1. The molecule has 92 valence electrons. The van der Waals surface area contributed by atoms with Gasteiger partial charge in [-0.3, -0.25) is 9.78 Å². The first-order valence-electron chi connectivity index (χ1n) is 5.88. The van der Waals surface area contributed by atoms with E-state index in [0.717, 1.165) is 22.0 Å². The number of fused-ring (bicyclic) bond motifs is 1. The molecule has 0 saturated carbocycles. The lowest BCUT2D eigenvalue weighted by atomic mass is 9.99. The maximum atomic E-state index is 13.7. The molecule has 1 aromatic heterocycles. The summed E-state index contributed by atoms with van der Waals surface area (Å²) in [5.41, 5.74) is 2.57. The standard InChI is InChI=1S/C16H10FNO/c17-15-9-11(6-7-12(15)10-19)13-3-1-5-16-14(13)4-2-8-18-16/h1-10H. The molecule has 0 saturated heterocycles. The molecule has 3 rings (SSSR count). The van der Waals surface area contributed by atoms with Crippen LogP contribution in [0.15, 0.2) is 54.7 Å². The van der Waals surface area contributed by atoms with Crippen molar-refractivity contribution in [2.24, 2.45) is 0 Å². The molecule has 3 aromatic rings. The Kier molecular flexibility index (Phi) is 2.80. The maximum absolute atomic E-state index is 13.7. The zero-order chi connectivity index (χ0) is 13.2. The largest absolute Gasteiger partial charge is 0.298 e. The molecule has 0 unspecified atom stereocenters. The SMILES string of the molecule is O=Cc1ccc(-c2cccc3ncccc23)cc1F. The maximum Gasteiger partial charge on any atom is 0.152 e. The number of aromatic nitrogens is 1. The third-order valence-electron chi connectivity index (χ3n) is 3.08. The summed E-state index contributed by atoms with van der Waals surface area (Å²) in [4.78, 5) is 14.9. The van der Waals surface area contributed by atoms with E-state index in [-0.39, 0.29) is 5.56 Å². The number of rotatable bonds is 2. The van der Waals surface area contributed by atoms with E-state index in [1.807, 2.05) is 30.3 Å². The third kappa shape index (κ3) is 1.99. The van der Waals surface area contributed by atoms with Crippen LogP contribution < -0.4 is 0 Å². The highest BCUT2D eigenvalue weighted by molar-refractivity contribution is 5.94. The summed E-state index contributed by atoms with van der Waals surface area (Å²) in [6.07, 6.45) is 2.24. The lowest BCUT2D eigenvalue weighted by Gasteiger charge is -2.07. The molecule has 0 aliphatic rings. The molecule has 0 atom stereocenters. The molecule has 0 spiro atoms. The Morgan fingerprint density at radius 1 is 1.05 bits per heavy atom. The number of hydrogen-bond acceptors (Lipinski definition) is 2. The van der Waals surface area contributed by atoms with Gasteiger partial charge in [-0.1, -0.05) is 24.3 Å². The Morgan fingerprint density at radius 2 is 1.95 bits per heavy atom. The van der Waals surface area contributed by atoms with Gasteiger partial charge < -0.3 is 0 Å². The van der Waals surface area contributed by atoms with E-state index >= 15 is 0 Å². The lowest BCUT2D eigenvalue weighted by molar-refractivity contribution is 0.112. The van der Waals surface area contributed by atoms with E-state index in [1.165, 1.54) is 12.1 Å². The van der Waals surface area contributed by atoms with Gasteiger partial charge in [0.1, 0.15) is 5.82 Å². The third-order valence-corrected chi connectivity index (χ3v) is 3.08. The molecule has 0 bridgehead atoms. The minimum Gasteiger partial charge on any atom is -0.298 e. The van der Waals surface area contributed by atoms with Crippen molar-refractivity contribution in [2.45, 2.75) is 0 Å². The Hall–Kier alpha value is -2.55. The second-order valence-corrected chi connectivity index (χ2v) is 4.23. The van der Waals surface area contributed by atoms with E-state index < -0.39 is 5.82 Å². The average Bonchev–Trinajstić information content (AvgIpc) is 2.46. The topological polar surface area (TPSA) is 30.0 Å². The van der Waals surface area contributed by atoms with Gasteiger partial charge in [0.05, 0.1) is 11.1 Å². The first-order valence-corrected chi connectivity index (χ1v) is 5.88. The second-order valence-electron chi connectivity index (χ2n) is 4.23. The molecule has 2 aromatic carbocycles. The Balaban J connectivity index is 2.24. The molecule has 0 N–H and O–H groups in total.